The summed E-state index contributed by atoms with van der Waals surface area (Å²) in [6.07, 6.45) is -0.820. The molecule has 0 fully saturated rings. The first kappa shape index (κ1) is 14.5. The summed E-state index contributed by atoms with van der Waals surface area (Å²) < 4.78 is 5.19. The molecule has 1 aromatic carbocycles. The summed E-state index contributed by atoms with van der Waals surface area (Å²) >= 11 is 0. The average Bonchev–Trinajstić information content (AvgIpc) is 2.34. The number of nitrogens with one attached hydrogen (secondary N) is 1. The van der Waals surface area contributed by atoms with Crippen LogP contribution in [0.3, 0.4) is 0 Å². The van der Waals surface area contributed by atoms with E-state index in [1.54, 1.807) is 13.0 Å². The number of hydrogen-bond donors (Lipinski definition) is 3. The van der Waals surface area contributed by atoms with Crippen molar-refractivity contribution in [1.29, 1.82) is 0 Å². The third-order valence-electron chi connectivity index (χ3n) is 2.75. The zero-order valence-corrected chi connectivity index (χ0v) is 10.8. The van der Waals surface area contributed by atoms with Crippen molar-refractivity contribution < 1.29 is 19.7 Å². The molecule has 100 valence electrons. The van der Waals surface area contributed by atoms with Gasteiger partial charge in [0, 0.05) is 11.6 Å². The van der Waals surface area contributed by atoms with Gasteiger partial charge in [0.2, 0.25) is 0 Å². The SMILES string of the molecule is COc1ccc(C)cc1C(O)C(C)NCC(=O)O. The van der Waals surface area contributed by atoms with Crippen LogP contribution in [0.2, 0.25) is 0 Å². The molecule has 0 saturated carbocycles. The third kappa shape index (κ3) is 3.72. The number of hydrogen-bond acceptors (Lipinski definition) is 4. The predicted octanol–water partition coefficient (Wildman–Crippen LogP) is 1.10. The molecule has 1 aromatic rings. The second-order valence-electron chi connectivity index (χ2n) is 4.25. The van der Waals surface area contributed by atoms with Crippen LogP contribution in [0, 0.1) is 6.92 Å². The van der Waals surface area contributed by atoms with Crippen LogP contribution in [0.1, 0.15) is 24.2 Å². The van der Waals surface area contributed by atoms with Gasteiger partial charge >= 0.3 is 5.97 Å². The van der Waals surface area contributed by atoms with Gasteiger partial charge in [-0.3, -0.25) is 4.79 Å². The molecular weight excluding hydrogens is 234 g/mol. The number of aliphatic hydroxyl groups is 1. The maximum Gasteiger partial charge on any atom is 0.317 e. The lowest BCUT2D eigenvalue weighted by Gasteiger charge is -2.22. The number of ether oxygens (including phenoxy) is 1. The molecule has 2 atom stereocenters. The fourth-order valence-corrected chi connectivity index (χ4v) is 1.71. The molecule has 0 aliphatic carbocycles. The van der Waals surface area contributed by atoms with Gasteiger partial charge < -0.3 is 20.3 Å². The van der Waals surface area contributed by atoms with Gasteiger partial charge in [-0.2, -0.15) is 0 Å². The topological polar surface area (TPSA) is 78.8 Å². The normalized spacial score (nSPS) is 14.0. The van der Waals surface area contributed by atoms with E-state index in [1.165, 1.54) is 7.11 Å². The van der Waals surface area contributed by atoms with E-state index < -0.39 is 12.1 Å². The second-order valence-corrected chi connectivity index (χ2v) is 4.25. The van der Waals surface area contributed by atoms with E-state index in [0.717, 1.165) is 5.56 Å². The first-order valence-electron chi connectivity index (χ1n) is 5.73. The van der Waals surface area contributed by atoms with E-state index in [1.807, 2.05) is 19.1 Å². The quantitative estimate of drug-likeness (QED) is 0.707. The Morgan fingerprint density at radius 2 is 2.17 bits per heavy atom. The molecule has 0 amide bonds. The Kier molecular flexibility index (Phi) is 5.12. The van der Waals surface area contributed by atoms with Gasteiger partial charge in [-0.25, -0.2) is 0 Å². The summed E-state index contributed by atoms with van der Waals surface area (Å²) in [7, 11) is 1.54. The maximum atomic E-state index is 10.5. The highest BCUT2D eigenvalue weighted by atomic mass is 16.5. The summed E-state index contributed by atoms with van der Waals surface area (Å²) in [5.41, 5.74) is 1.66. The molecule has 0 aromatic heterocycles. The zero-order valence-electron chi connectivity index (χ0n) is 10.8. The number of aliphatic hydroxyl groups excluding tert-OH is 1. The Balaban J connectivity index is 2.84. The molecule has 1 rings (SSSR count). The van der Waals surface area contributed by atoms with Crippen LogP contribution in [0.5, 0.6) is 5.75 Å². The molecule has 5 nitrogen and oxygen atoms in total. The predicted molar refractivity (Wildman–Crippen MR) is 67.8 cm³/mol. The fraction of sp³-hybridized carbons (Fsp3) is 0.462. The molecule has 0 saturated heterocycles. The molecule has 3 N–H and O–H groups in total. The van der Waals surface area contributed by atoms with Crippen LogP contribution in [0.4, 0.5) is 0 Å². The molecule has 0 bridgehead atoms. The number of benzene rings is 1. The fourth-order valence-electron chi connectivity index (χ4n) is 1.71. The monoisotopic (exact) mass is 253 g/mol. The van der Waals surface area contributed by atoms with E-state index in [4.69, 9.17) is 9.84 Å². The third-order valence-corrected chi connectivity index (χ3v) is 2.75. The van der Waals surface area contributed by atoms with E-state index >= 15 is 0 Å². The number of aliphatic carboxylic acids is 1. The first-order chi connectivity index (χ1) is 8.45. The minimum atomic E-state index is -0.953. The van der Waals surface area contributed by atoms with Gasteiger partial charge in [-0.1, -0.05) is 11.6 Å². The van der Waals surface area contributed by atoms with Gasteiger partial charge in [0.1, 0.15) is 5.75 Å². The zero-order chi connectivity index (χ0) is 13.7. The molecule has 18 heavy (non-hydrogen) atoms. The maximum absolute atomic E-state index is 10.5. The molecule has 0 heterocycles. The summed E-state index contributed by atoms with van der Waals surface area (Å²) in [5.74, 6) is -0.359. The van der Waals surface area contributed by atoms with Crippen molar-refractivity contribution in [1.82, 2.24) is 5.32 Å². The van der Waals surface area contributed by atoms with E-state index in [0.29, 0.717) is 11.3 Å². The number of rotatable bonds is 6. The average molecular weight is 253 g/mol. The number of aryl methyl sites for hydroxylation is 1. The van der Waals surface area contributed by atoms with E-state index in [9.17, 15) is 9.90 Å². The highest BCUT2D eigenvalue weighted by Crippen LogP contribution is 2.28. The number of carboxylic acid groups (broad SMARTS) is 1. The molecular formula is C13H19NO4. The van der Waals surface area contributed by atoms with Gasteiger partial charge in [-0.15, -0.1) is 0 Å². The summed E-state index contributed by atoms with van der Waals surface area (Å²) in [4.78, 5) is 10.5. The van der Waals surface area contributed by atoms with Crippen LogP contribution in [-0.2, 0) is 4.79 Å². The first-order valence-corrected chi connectivity index (χ1v) is 5.73. The second kappa shape index (κ2) is 6.37. The van der Waals surface area contributed by atoms with Crippen molar-refractivity contribution >= 4 is 5.97 Å². The van der Waals surface area contributed by atoms with Crippen molar-refractivity contribution in [3.05, 3.63) is 29.3 Å². The van der Waals surface area contributed by atoms with Gasteiger partial charge in [0.15, 0.2) is 0 Å². The number of methoxy groups -OCH3 is 1. The van der Waals surface area contributed by atoms with Crippen LogP contribution < -0.4 is 10.1 Å². The minimum absolute atomic E-state index is 0.188. The molecule has 2 unspecified atom stereocenters. The molecule has 5 heteroatoms. The van der Waals surface area contributed by atoms with Crippen molar-refractivity contribution in [2.45, 2.75) is 26.0 Å². The smallest absolute Gasteiger partial charge is 0.317 e. The van der Waals surface area contributed by atoms with Gasteiger partial charge in [0.05, 0.1) is 19.8 Å². The Morgan fingerprint density at radius 1 is 1.50 bits per heavy atom. The molecule has 0 aliphatic heterocycles. The van der Waals surface area contributed by atoms with Crippen LogP contribution >= 0.6 is 0 Å². The Labute approximate surface area is 106 Å². The molecule has 0 radical (unpaired) electrons. The minimum Gasteiger partial charge on any atom is -0.496 e. The highest BCUT2D eigenvalue weighted by Gasteiger charge is 2.20. The van der Waals surface area contributed by atoms with Gasteiger partial charge in [0.25, 0.3) is 0 Å². The summed E-state index contributed by atoms with van der Waals surface area (Å²) in [5, 5.41) is 21.5. The molecule has 0 spiro atoms. The number of carbonyl (C=O) groups is 1. The van der Waals surface area contributed by atoms with Gasteiger partial charge in [-0.05, 0) is 26.0 Å². The molecule has 0 aliphatic rings. The lowest BCUT2D eigenvalue weighted by Crippen LogP contribution is -2.36. The van der Waals surface area contributed by atoms with Crippen LogP contribution in [0.15, 0.2) is 18.2 Å². The standard InChI is InChI=1S/C13H19NO4/c1-8-4-5-11(18-3)10(6-8)13(17)9(2)14-7-12(15)16/h4-6,9,13-14,17H,7H2,1-3H3,(H,15,16). The Bertz CT molecular complexity index is 419. The Morgan fingerprint density at radius 3 is 2.72 bits per heavy atom. The van der Waals surface area contributed by atoms with Crippen molar-refractivity contribution in [2.24, 2.45) is 0 Å². The summed E-state index contributed by atoms with van der Waals surface area (Å²) in [6, 6.07) is 5.14. The van der Waals surface area contributed by atoms with E-state index in [2.05, 4.69) is 5.32 Å². The van der Waals surface area contributed by atoms with Crippen molar-refractivity contribution in [3.63, 3.8) is 0 Å². The van der Waals surface area contributed by atoms with E-state index in [-0.39, 0.29) is 12.6 Å². The lowest BCUT2D eigenvalue weighted by atomic mass is 10.0. The van der Waals surface area contributed by atoms with Crippen molar-refractivity contribution in [2.75, 3.05) is 13.7 Å². The van der Waals surface area contributed by atoms with Crippen LogP contribution in [0.25, 0.3) is 0 Å². The summed E-state index contributed by atoms with van der Waals surface area (Å²) in [6.45, 7) is 3.47. The largest absolute Gasteiger partial charge is 0.496 e. The number of carboxylic acids is 1. The van der Waals surface area contributed by atoms with Crippen molar-refractivity contribution in [3.8, 4) is 5.75 Å². The van der Waals surface area contributed by atoms with Crippen LogP contribution in [-0.4, -0.2) is 35.9 Å². The highest BCUT2D eigenvalue weighted by molar-refractivity contribution is 5.69. The Hall–Kier alpha value is -1.59. The lowest BCUT2D eigenvalue weighted by molar-refractivity contribution is -0.136.